The van der Waals surface area contributed by atoms with Crippen LogP contribution in [0.1, 0.15) is 22.3 Å². The van der Waals surface area contributed by atoms with Gasteiger partial charge in [0.1, 0.15) is 11.9 Å². The van der Waals surface area contributed by atoms with Crippen LogP contribution in [0.15, 0.2) is 24.4 Å². The first-order valence-electron chi connectivity index (χ1n) is 7.61. The monoisotopic (exact) mass is 418 g/mol. The first-order chi connectivity index (χ1) is 12.2. The van der Waals surface area contributed by atoms with Crippen LogP contribution in [0.2, 0.25) is 5.02 Å². The molecule has 26 heavy (non-hydrogen) atoms. The standard InChI is InChI=1S/C15H16ClFN4O3S2/c1-8-18-7-14(25-8)12-6-13(21(2)26(23,24)20-12)15(22)19-9-3-4-11(17)10(16)5-9/h3-5,7,12-13,20H,6H2,1-2H3,(H,19,22)/t12-,13+/m0/s1. The van der Waals surface area contributed by atoms with Crippen LogP contribution in [0.4, 0.5) is 10.1 Å². The van der Waals surface area contributed by atoms with Crippen molar-refractivity contribution in [2.75, 3.05) is 12.4 Å². The van der Waals surface area contributed by atoms with Crippen molar-refractivity contribution in [3.8, 4) is 0 Å². The zero-order valence-corrected chi connectivity index (χ0v) is 16.3. The number of anilines is 1. The predicted molar refractivity (Wildman–Crippen MR) is 97.9 cm³/mol. The van der Waals surface area contributed by atoms with E-state index in [9.17, 15) is 17.6 Å². The molecular formula is C15H16ClFN4O3S2. The van der Waals surface area contributed by atoms with Crippen LogP contribution < -0.4 is 10.0 Å². The summed E-state index contributed by atoms with van der Waals surface area (Å²) in [5.74, 6) is -1.13. The average Bonchev–Trinajstić information content (AvgIpc) is 2.99. The van der Waals surface area contributed by atoms with Gasteiger partial charge in [0.2, 0.25) is 5.91 Å². The lowest BCUT2D eigenvalue weighted by molar-refractivity contribution is -0.120. The highest BCUT2D eigenvalue weighted by molar-refractivity contribution is 7.87. The molecule has 7 nitrogen and oxygen atoms in total. The number of amides is 1. The molecule has 2 N–H and O–H groups in total. The van der Waals surface area contributed by atoms with Crippen molar-refractivity contribution < 1.29 is 17.6 Å². The SMILES string of the molecule is Cc1ncc([C@@H]2C[C@H](C(=O)Nc3ccc(F)c(Cl)c3)N(C)S(=O)(=O)N2)s1. The number of aryl methyl sites for hydroxylation is 1. The van der Waals surface area contributed by atoms with Crippen LogP contribution in [-0.4, -0.2) is 36.7 Å². The number of hydrogen-bond donors (Lipinski definition) is 2. The van der Waals surface area contributed by atoms with Crippen molar-refractivity contribution in [1.82, 2.24) is 14.0 Å². The minimum absolute atomic E-state index is 0.132. The molecule has 3 rings (SSSR count). The van der Waals surface area contributed by atoms with Gasteiger partial charge in [0.15, 0.2) is 0 Å². The Bertz CT molecular complexity index is 950. The van der Waals surface area contributed by atoms with Crippen molar-refractivity contribution >= 4 is 44.7 Å². The van der Waals surface area contributed by atoms with E-state index in [1.807, 2.05) is 6.92 Å². The van der Waals surface area contributed by atoms with E-state index in [1.165, 1.54) is 30.5 Å². The van der Waals surface area contributed by atoms with Gasteiger partial charge in [-0.05, 0) is 31.5 Å². The van der Waals surface area contributed by atoms with E-state index in [1.54, 1.807) is 6.20 Å². The maximum atomic E-state index is 13.3. The number of carbonyl (C=O) groups excluding carboxylic acids is 1. The molecule has 1 amide bonds. The molecule has 0 saturated carbocycles. The summed E-state index contributed by atoms with van der Waals surface area (Å²) < 4.78 is 41.6. The van der Waals surface area contributed by atoms with Crippen molar-refractivity contribution in [2.24, 2.45) is 0 Å². The van der Waals surface area contributed by atoms with Gasteiger partial charge in [-0.25, -0.2) is 9.37 Å². The summed E-state index contributed by atoms with van der Waals surface area (Å²) in [7, 11) is -2.50. The minimum Gasteiger partial charge on any atom is -0.325 e. The Kier molecular flexibility index (Phi) is 5.31. The van der Waals surface area contributed by atoms with E-state index < -0.39 is 34.0 Å². The molecule has 0 spiro atoms. The number of aromatic nitrogens is 1. The van der Waals surface area contributed by atoms with Crippen molar-refractivity contribution in [3.63, 3.8) is 0 Å². The number of nitrogens with zero attached hydrogens (tertiary/aromatic N) is 2. The smallest absolute Gasteiger partial charge is 0.280 e. The van der Waals surface area contributed by atoms with Crippen molar-refractivity contribution in [1.29, 1.82) is 0 Å². The Morgan fingerprint density at radius 3 is 2.85 bits per heavy atom. The lowest BCUT2D eigenvalue weighted by Crippen LogP contribution is -2.55. The number of nitrogens with one attached hydrogen (secondary N) is 2. The van der Waals surface area contributed by atoms with Gasteiger partial charge in [-0.2, -0.15) is 17.4 Å². The lowest BCUT2D eigenvalue weighted by atomic mass is 10.1. The summed E-state index contributed by atoms with van der Waals surface area (Å²) in [4.78, 5) is 17.5. The third kappa shape index (κ3) is 3.89. The van der Waals surface area contributed by atoms with Gasteiger partial charge in [-0.15, -0.1) is 11.3 Å². The van der Waals surface area contributed by atoms with Crippen molar-refractivity contribution in [2.45, 2.75) is 25.4 Å². The van der Waals surface area contributed by atoms with Crippen LogP contribution in [0.5, 0.6) is 0 Å². The van der Waals surface area contributed by atoms with Crippen molar-refractivity contribution in [3.05, 3.63) is 45.1 Å². The Labute approximate surface area is 159 Å². The Morgan fingerprint density at radius 1 is 1.50 bits per heavy atom. The summed E-state index contributed by atoms with van der Waals surface area (Å²) in [6, 6.07) is 2.28. The molecule has 1 aliphatic rings. The zero-order chi connectivity index (χ0) is 19.1. The second-order valence-electron chi connectivity index (χ2n) is 5.84. The molecule has 11 heteroatoms. The minimum atomic E-state index is -3.84. The number of halogens is 2. The first-order valence-corrected chi connectivity index (χ1v) is 10.2. The molecule has 2 aromatic rings. The normalized spacial score (nSPS) is 22.9. The van der Waals surface area contributed by atoms with Crippen LogP contribution >= 0.6 is 22.9 Å². The summed E-state index contributed by atoms with van der Waals surface area (Å²) in [5.41, 5.74) is 0.288. The topological polar surface area (TPSA) is 91.4 Å². The molecule has 0 aliphatic carbocycles. The third-order valence-corrected chi connectivity index (χ3v) is 6.95. The van der Waals surface area contributed by atoms with E-state index >= 15 is 0 Å². The number of carbonyl (C=O) groups is 1. The highest BCUT2D eigenvalue weighted by atomic mass is 35.5. The highest BCUT2D eigenvalue weighted by Gasteiger charge is 2.41. The number of rotatable bonds is 3. The number of hydrogen-bond acceptors (Lipinski definition) is 5. The molecule has 0 unspecified atom stereocenters. The fourth-order valence-electron chi connectivity index (χ4n) is 2.63. The molecular weight excluding hydrogens is 403 g/mol. The maximum Gasteiger partial charge on any atom is 0.280 e. The molecule has 0 bridgehead atoms. The van der Waals surface area contributed by atoms with Gasteiger partial charge in [-0.3, -0.25) is 4.79 Å². The zero-order valence-electron chi connectivity index (χ0n) is 13.9. The summed E-state index contributed by atoms with van der Waals surface area (Å²) in [5, 5.41) is 3.26. The maximum absolute atomic E-state index is 13.3. The first kappa shape index (κ1) is 19.2. The number of benzene rings is 1. The molecule has 1 aromatic carbocycles. The van der Waals surface area contributed by atoms with E-state index in [-0.39, 0.29) is 17.1 Å². The molecule has 2 atom stereocenters. The molecule has 140 valence electrons. The number of likely N-dealkylation sites (N-methyl/N-ethyl adjacent to an activating group) is 1. The Morgan fingerprint density at radius 2 is 2.23 bits per heavy atom. The summed E-state index contributed by atoms with van der Waals surface area (Å²) in [6.45, 7) is 1.82. The van der Waals surface area contributed by atoms with Gasteiger partial charge in [0.25, 0.3) is 10.2 Å². The third-order valence-electron chi connectivity index (χ3n) is 4.04. The Hall–Kier alpha value is -1.59. The van der Waals surface area contributed by atoms with Gasteiger partial charge in [0.05, 0.1) is 16.1 Å². The molecule has 0 radical (unpaired) electrons. The molecule has 1 fully saturated rings. The summed E-state index contributed by atoms with van der Waals surface area (Å²) >= 11 is 7.08. The largest absolute Gasteiger partial charge is 0.325 e. The Balaban J connectivity index is 1.83. The summed E-state index contributed by atoms with van der Waals surface area (Å²) in [6.07, 6.45) is 1.84. The van der Waals surface area contributed by atoms with E-state index in [0.717, 1.165) is 20.3 Å². The second-order valence-corrected chi connectivity index (χ2v) is 9.28. The molecule has 1 aromatic heterocycles. The molecule has 1 aliphatic heterocycles. The van der Waals surface area contributed by atoms with Gasteiger partial charge in [-0.1, -0.05) is 11.6 Å². The van der Waals surface area contributed by atoms with Crippen LogP contribution in [-0.2, 0) is 15.0 Å². The van der Waals surface area contributed by atoms with Gasteiger partial charge in [0, 0.05) is 23.8 Å². The van der Waals surface area contributed by atoms with Crippen LogP contribution in [0, 0.1) is 12.7 Å². The lowest BCUT2D eigenvalue weighted by Gasteiger charge is -2.35. The molecule has 1 saturated heterocycles. The number of thiazole rings is 1. The average molecular weight is 419 g/mol. The quantitative estimate of drug-likeness (QED) is 0.801. The molecule has 2 heterocycles. The predicted octanol–water partition coefficient (Wildman–Crippen LogP) is 2.46. The van der Waals surface area contributed by atoms with E-state index in [4.69, 9.17) is 11.6 Å². The fourth-order valence-corrected chi connectivity index (χ4v) is 5.01. The van der Waals surface area contributed by atoms with Gasteiger partial charge >= 0.3 is 0 Å². The fraction of sp³-hybridized carbons (Fsp3) is 0.333. The highest BCUT2D eigenvalue weighted by Crippen LogP contribution is 2.31. The van der Waals surface area contributed by atoms with Gasteiger partial charge < -0.3 is 5.32 Å². The van der Waals surface area contributed by atoms with Crippen LogP contribution in [0.3, 0.4) is 0 Å². The van der Waals surface area contributed by atoms with E-state index in [0.29, 0.717) is 0 Å². The second kappa shape index (κ2) is 7.20. The van der Waals surface area contributed by atoms with E-state index in [2.05, 4.69) is 15.0 Å². The van der Waals surface area contributed by atoms with Crippen LogP contribution in [0.25, 0.3) is 0 Å².